The Morgan fingerprint density at radius 1 is 0.202 bits per heavy atom. The first-order chi connectivity index (χ1) is 57.8. The summed E-state index contributed by atoms with van der Waals surface area (Å²) in [6.45, 7) is 26.5. The first-order valence-electron chi connectivity index (χ1n) is 42.9. The van der Waals surface area contributed by atoms with Gasteiger partial charge in [-0.2, -0.15) is 22.8 Å². The molecule has 0 N–H and O–H groups in total. The number of nitrogens with zero attached hydrogens (tertiary/aromatic N) is 10. The lowest BCUT2D eigenvalue weighted by Crippen LogP contribution is -2.36. The molecule has 2 aliphatic rings. The molecule has 0 amide bonds. The minimum absolute atomic E-state index is 0.682. The van der Waals surface area contributed by atoms with E-state index in [1.807, 2.05) is 0 Å². The third-order valence-corrected chi connectivity index (χ3v) is 25.2. The molecule has 0 bridgehead atoms. The molecule has 2 fully saturated rings. The van der Waals surface area contributed by atoms with E-state index in [0.717, 1.165) is 0 Å². The monoisotopic (exact) mass is 1570 g/mol. The number of hydrogen-bond acceptors (Lipinski definition) is 0. The molecule has 0 radical (unpaired) electrons. The largest absolute Gasteiger partial charge is 0.294 e. The van der Waals surface area contributed by atoms with Crippen LogP contribution in [0.1, 0.15) is 149 Å². The van der Waals surface area contributed by atoms with Crippen LogP contribution >= 0.6 is 0 Å². The second kappa shape index (κ2) is 37.4. The van der Waals surface area contributed by atoms with Crippen molar-refractivity contribution in [1.82, 2.24) is 22.8 Å². The lowest BCUT2D eigenvalue weighted by Gasteiger charge is -2.20. The van der Waals surface area contributed by atoms with E-state index < -0.39 is 0 Å². The number of aryl methyl sites for hydroxylation is 5. The molecule has 119 heavy (non-hydrogen) atoms. The summed E-state index contributed by atoms with van der Waals surface area (Å²) in [4.78, 5) is 0. The highest BCUT2D eigenvalue weighted by atomic mass is 15.2. The van der Waals surface area contributed by atoms with Crippen LogP contribution in [-0.2, 0) is 35.2 Å². The molecule has 0 aliphatic heterocycles. The molecule has 0 spiro atoms. The van der Waals surface area contributed by atoms with Crippen molar-refractivity contribution in [2.24, 2.45) is 35.2 Å². The standard InChI is InChI=1S/C24H29N2.C24H23N2.C23H27N2.2C19H21N2/c2*1-18-12-10-11-17-22(18)26-19(2)23(20-13-6-4-7-14-20)25(3)24(26)21-15-8-5-9-16-21;1-17-11-7-10-16-21(17)25-18(2)22(19-12-8-9-13-19)24(3)23(25)20-14-5-4-6-15-20;2*1-14-10-8-9-13-18(14)21-16(3)15(2)20(4)19(21)17-11-6-5-7-12-17/h5,8-12,15-17,20H,4,6-7,13-14H2,1-3H3;4-17H,1-3H3;4-7,10-11,14-16,19H,8-9,12-13H2,1-3H3;2*5-13H,1-4H3/q5*+1. The second-order valence-corrected chi connectivity index (χ2v) is 32.8. The van der Waals surface area contributed by atoms with E-state index in [1.54, 1.807) is 0 Å². The van der Waals surface area contributed by atoms with Gasteiger partial charge in [0, 0.05) is 65.9 Å². The molecule has 2 aliphatic carbocycles. The summed E-state index contributed by atoms with van der Waals surface area (Å²) >= 11 is 0. The molecule has 5 heterocycles. The van der Waals surface area contributed by atoms with Crippen LogP contribution in [-0.4, -0.2) is 22.8 Å². The van der Waals surface area contributed by atoms with E-state index in [4.69, 9.17) is 0 Å². The zero-order valence-corrected chi connectivity index (χ0v) is 73.4. The lowest BCUT2D eigenvalue weighted by molar-refractivity contribution is -0.668. The first kappa shape index (κ1) is 83.0. The molecule has 10 nitrogen and oxygen atoms in total. The van der Waals surface area contributed by atoms with Gasteiger partial charge < -0.3 is 0 Å². The van der Waals surface area contributed by atoms with Crippen molar-refractivity contribution in [3.8, 4) is 96.6 Å². The van der Waals surface area contributed by atoms with E-state index >= 15 is 0 Å². The summed E-state index contributed by atoms with van der Waals surface area (Å²) in [7, 11) is 10.9. The summed E-state index contributed by atoms with van der Waals surface area (Å²) in [5, 5.41) is 0. The smallest absolute Gasteiger partial charge is 0.230 e. The van der Waals surface area contributed by atoms with Crippen molar-refractivity contribution in [1.29, 1.82) is 0 Å². The molecular weight excluding hydrogens is 1450 g/mol. The number of rotatable bonds is 13. The Morgan fingerprint density at radius 2 is 0.403 bits per heavy atom. The molecule has 16 aromatic rings. The summed E-state index contributed by atoms with van der Waals surface area (Å²) in [6.07, 6.45) is 12.1. The molecule has 0 unspecified atom stereocenters. The Morgan fingerprint density at radius 3 is 0.664 bits per heavy atom. The number of benzene rings is 11. The van der Waals surface area contributed by atoms with E-state index in [9.17, 15) is 0 Å². The predicted octanol–water partition coefficient (Wildman–Crippen LogP) is 23.9. The molecule has 10 heteroatoms. The van der Waals surface area contributed by atoms with Gasteiger partial charge in [0.2, 0.25) is 0 Å². The molecular formula is C109H121N10+5. The van der Waals surface area contributed by atoms with Gasteiger partial charge in [-0.1, -0.05) is 244 Å². The quantitative estimate of drug-likeness (QED) is 0.103. The van der Waals surface area contributed by atoms with E-state index in [0.29, 0.717) is 11.8 Å². The minimum Gasteiger partial charge on any atom is -0.230 e. The highest BCUT2D eigenvalue weighted by molar-refractivity contribution is 5.68. The number of aromatic nitrogens is 10. The van der Waals surface area contributed by atoms with E-state index in [2.05, 4.69) is 467 Å². The van der Waals surface area contributed by atoms with E-state index in [1.165, 1.54) is 233 Å². The SMILES string of the molecule is Cc1ccccc1-n1c(C)c(-c2ccccc2)[n+](C)c1-c1ccccc1.Cc1ccccc1-n1c(C)c(C)[n+](C)c1-c1ccccc1.Cc1ccccc1-n1c(C)c(C)[n+](C)c1-c1ccccc1.Cc1ccccc1-n1c(C)c(C2CCCC2)[n+](C)c1-c1ccccc1.Cc1ccccc1-n1c(C)c(C2CCCCC2)[n+](C)c1-c1ccccc1. The topological polar surface area (TPSA) is 44.0 Å². The highest BCUT2D eigenvalue weighted by Gasteiger charge is 2.38. The summed E-state index contributed by atoms with van der Waals surface area (Å²) in [5.74, 6) is 7.59. The Kier molecular flexibility index (Phi) is 26.1. The second-order valence-electron chi connectivity index (χ2n) is 32.8. The van der Waals surface area contributed by atoms with Crippen molar-refractivity contribution in [3.05, 3.63) is 382 Å². The minimum atomic E-state index is 0.682. The fourth-order valence-electron chi connectivity index (χ4n) is 18.9. The van der Waals surface area contributed by atoms with Gasteiger partial charge in [-0.05, 0) is 179 Å². The van der Waals surface area contributed by atoms with Crippen LogP contribution in [0.15, 0.2) is 303 Å². The predicted molar refractivity (Wildman–Crippen MR) is 491 cm³/mol. The molecule has 5 aromatic heterocycles. The van der Waals surface area contributed by atoms with Crippen molar-refractivity contribution >= 4 is 0 Å². The van der Waals surface area contributed by atoms with Crippen molar-refractivity contribution in [2.45, 2.75) is 153 Å². The molecule has 0 saturated heterocycles. The fraction of sp³-hybridized carbons (Fsp3) is 0.257. The van der Waals surface area contributed by atoms with Crippen LogP contribution in [0.5, 0.6) is 0 Å². The average Bonchev–Trinajstić information content (AvgIpc) is 1.64. The van der Waals surface area contributed by atoms with Gasteiger partial charge in [0.1, 0.15) is 74.0 Å². The van der Waals surface area contributed by atoms with Crippen LogP contribution in [0.2, 0.25) is 0 Å². The highest BCUT2D eigenvalue weighted by Crippen LogP contribution is 2.40. The number of para-hydroxylation sites is 5. The summed E-state index contributed by atoms with van der Waals surface area (Å²) in [6, 6.07) is 107. The Labute approximate surface area is 708 Å². The maximum Gasteiger partial charge on any atom is 0.294 e. The van der Waals surface area contributed by atoms with Crippen molar-refractivity contribution < 1.29 is 22.8 Å². The normalized spacial score (nSPS) is 12.7. The van der Waals surface area contributed by atoms with Crippen LogP contribution in [0.25, 0.3) is 96.6 Å². The third-order valence-electron chi connectivity index (χ3n) is 25.2. The Hall–Kier alpha value is -12.5. The fourth-order valence-corrected chi connectivity index (χ4v) is 18.9. The molecule has 11 aromatic carbocycles. The average molecular weight is 1570 g/mol. The lowest BCUT2D eigenvalue weighted by atomic mass is 9.86. The van der Waals surface area contributed by atoms with Gasteiger partial charge in [0.15, 0.2) is 11.4 Å². The zero-order chi connectivity index (χ0) is 83.5. The molecule has 602 valence electrons. The van der Waals surface area contributed by atoms with Gasteiger partial charge in [-0.15, -0.1) is 0 Å². The maximum absolute atomic E-state index is 2.48. The van der Waals surface area contributed by atoms with E-state index in [-0.39, 0.29) is 0 Å². The molecule has 0 atom stereocenters. The number of hydrogen-bond donors (Lipinski definition) is 0. The third kappa shape index (κ3) is 17.0. The molecule has 2 saturated carbocycles. The zero-order valence-electron chi connectivity index (χ0n) is 73.4. The first-order valence-corrected chi connectivity index (χ1v) is 42.9. The van der Waals surface area contributed by atoms with Gasteiger partial charge in [0.05, 0.1) is 63.1 Å². The van der Waals surface area contributed by atoms with Gasteiger partial charge >= 0.3 is 0 Å². The van der Waals surface area contributed by atoms with Gasteiger partial charge in [0.25, 0.3) is 29.1 Å². The van der Waals surface area contributed by atoms with Crippen molar-refractivity contribution in [2.75, 3.05) is 0 Å². The van der Waals surface area contributed by atoms with Gasteiger partial charge in [-0.3, -0.25) is 0 Å². The number of imidazole rings is 5. The van der Waals surface area contributed by atoms with Gasteiger partial charge in [-0.25, -0.2) is 22.8 Å². The Balaban J connectivity index is 0.000000122. The van der Waals surface area contributed by atoms with Crippen LogP contribution in [0.3, 0.4) is 0 Å². The summed E-state index contributed by atoms with van der Waals surface area (Å²) in [5.41, 5.74) is 33.7. The summed E-state index contributed by atoms with van der Waals surface area (Å²) < 4.78 is 23.8. The molecule has 18 rings (SSSR count). The van der Waals surface area contributed by atoms with Crippen LogP contribution in [0.4, 0.5) is 0 Å². The maximum atomic E-state index is 2.48. The van der Waals surface area contributed by atoms with Crippen LogP contribution < -0.4 is 22.8 Å². The Bertz CT molecular complexity index is 6000. The van der Waals surface area contributed by atoms with Crippen LogP contribution in [0, 0.1) is 83.1 Å². The van der Waals surface area contributed by atoms with Crippen molar-refractivity contribution in [3.63, 3.8) is 0 Å².